The van der Waals surface area contributed by atoms with E-state index in [0.717, 1.165) is 10.2 Å². The third-order valence-corrected chi connectivity index (χ3v) is 3.88. The molecule has 3 nitrogen and oxygen atoms in total. The van der Waals surface area contributed by atoms with Crippen LogP contribution in [0.15, 0.2) is 15.9 Å². The van der Waals surface area contributed by atoms with Crippen LogP contribution in [-0.2, 0) is 11.2 Å². The molecule has 0 spiro atoms. The highest BCUT2D eigenvalue weighted by Gasteiger charge is 2.26. The van der Waals surface area contributed by atoms with Gasteiger partial charge in [-0.05, 0) is 48.3 Å². The largest absolute Gasteiger partial charge is 0.381 e. The molecule has 0 aliphatic rings. The number of rotatable bonds is 4. The third kappa shape index (κ3) is 3.88. The van der Waals surface area contributed by atoms with Crippen molar-refractivity contribution in [3.05, 3.63) is 20.8 Å². The lowest BCUT2D eigenvalue weighted by Gasteiger charge is -2.24. The fourth-order valence-electron chi connectivity index (χ4n) is 1.33. The maximum absolute atomic E-state index is 11.7. The summed E-state index contributed by atoms with van der Waals surface area (Å²) in [6, 6.07) is 4.04. The summed E-state index contributed by atoms with van der Waals surface area (Å²) in [7, 11) is 1.71. The number of halogens is 1. The van der Waals surface area contributed by atoms with Crippen molar-refractivity contribution in [3.8, 4) is 0 Å². The van der Waals surface area contributed by atoms with Crippen molar-refractivity contribution in [2.45, 2.75) is 25.9 Å². The lowest BCUT2D eigenvalue weighted by molar-refractivity contribution is -0.146. The van der Waals surface area contributed by atoms with E-state index in [1.54, 1.807) is 23.3 Å². The van der Waals surface area contributed by atoms with Crippen LogP contribution in [0.5, 0.6) is 0 Å². The van der Waals surface area contributed by atoms with Crippen LogP contribution in [0.25, 0.3) is 0 Å². The Bertz CT molecular complexity index is 370. The fraction of sp³-hybridized carbons (Fsp3) is 0.545. The van der Waals surface area contributed by atoms with Crippen LogP contribution >= 0.6 is 27.3 Å². The van der Waals surface area contributed by atoms with Gasteiger partial charge in [0.05, 0.1) is 3.79 Å². The Hall–Kier alpha value is -0.390. The van der Waals surface area contributed by atoms with Gasteiger partial charge in [0.2, 0.25) is 0 Å². The second-order valence-corrected chi connectivity index (χ2v) is 6.79. The number of hydrogen-bond acceptors (Lipinski definition) is 3. The van der Waals surface area contributed by atoms with E-state index >= 15 is 0 Å². The van der Waals surface area contributed by atoms with Crippen molar-refractivity contribution in [1.82, 2.24) is 4.90 Å². The van der Waals surface area contributed by atoms with Crippen molar-refractivity contribution in [1.29, 1.82) is 0 Å². The first-order valence-corrected chi connectivity index (χ1v) is 6.64. The molecule has 5 heteroatoms. The maximum Gasteiger partial charge on any atom is 0.253 e. The Morgan fingerprint density at radius 3 is 2.62 bits per heavy atom. The van der Waals surface area contributed by atoms with Crippen LogP contribution in [0.3, 0.4) is 0 Å². The number of carbonyl (C=O) groups is 1. The molecule has 0 aliphatic heterocycles. The molecule has 0 bridgehead atoms. The van der Waals surface area contributed by atoms with Crippen LogP contribution in [0.1, 0.15) is 18.7 Å². The number of nitrogens with zero attached hydrogens (tertiary/aromatic N) is 1. The van der Waals surface area contributed by atoms with E-state index in [4.69, 9.17) is 0 Å². The first-order chi connectivity index (χ1) is 7.30. The predicted octanol–water partition coefficient (Wildman–Crippen LogP) is 2.28. The SMILES string of the molecule is CN(CCc1ccc(Br)s1)C(=O)C(C)(C)O. The molecule has 0 atom stereocenters. The van der Waals surface area contributed by atoms with Crippen LogP contribution in [-0.4, -0.2) is 35.1 Å². The van der Waals surface area contributed by atoms with Crippen LogP contribution in [0.4, 0.5) is 0 Å². The lowest BCUT2D eigenvalue weighted by atomic mass is 10.1. The van der Waals surface area contributed by atoms with Crippen LogP contribution < -0.4 is 0 Å². The fourth-order valence-corrected chi connectivity index (χ4v) is 2.80. The molecule has 0 saturated carbocycles. The molecule has 1 rings (SSSR count). The minimum absolute atomic E-state index is 0.247. The number of amides is 1. The predicted molar refractivity (Wildman–Crippen MR) is 69.7 cm³/mol. The molecule has 0 unspecified atom stereocenters. The Kier molecular flexibility index (Phi) is 4.52. The molecule has 16 heavy (non-hydrogen) atoms. The monoisotopic (exact) mass is 305 g/mol. The minimum atomic E-state index is -1.29. The highest BCUT2D eigenvalue weighted by molar-refractivity contribution is 9.11. The molecule has 1 amide bonds. The van der Waals surface area contributed by atoms with E-state index in [1.807, 2.05) is 12.1 Å². The summed E-state index contributed by atoms with van der Waals surface area (Å²) in [6.07, 6.45) is 0.814. The van der Waals surface area contributed by atoms with Gasteiger partial charge in [-0.2, -0.15) is 0 Å². The van der Waals surface area contributed by atoms with E-state index in [0.29, 0.717) is 6.54 Å². The summed E-state index contributed by atoms with van der Waals surface area (Å²) >= 11 is 5.06. The van der Waals surface area contributed by atoms with Gasteiger partial charge in [-0.1, -0.05) is 0 Å². The molecule has 0 fully saturated rings. The molecule has 1 heterocycles. The van der Waals surface area contributed by atoms with Gasteiger partial charge >= 0.3 is 0 Å². The second-order valence-electron chi connectivity index (χ2n) is 4.24. The molecule has 1 aromatic rings. The van der Waals surface area contributed by atoms with Gasteiger partial charge in [0.25, 0.3) is 5.91 Å². The Labute approximate surface area is 108 Å². The zero-order valence-corrected chi connectivity index (χ0v) is 12.1. The zero-order valence-electron chi connectivity index (χ0n) is 9.66. The van der Waals surface area contributed by atoms with Gasteiger partial charge in [0.1, 0.15) is 5.60 Å². The van der Waals surface area contributed by atoms with Gasteiger partial charge in [0, 0.05) is 18.5 Å². The number of hydrogen-bond donors (Lipinski definition) is 1. The Morgan fingerprint density at radius 2 is 2.19 bits per heavy atom. The standard InChI is InChI=1S/C11H16BrNO2S/c1-11(2,15)10(14)13(3)7-6-8-4-5-9(12)16-8/h4-5,15H,6-7H2,1-3H3. The first-order valence-electron chi connectivity index (χ1n) is 5.03. The van der Waals surface area contributed by atoms with Crippen molar-refractivity contribution in [2.75, 3.05) is 13.6 Å². The van der Waals surface area contributed by atoms with E-state index in [1.165, 1.54) is 18.7 Å². The highest BCUT2D eigenvalue weighted by atomic mass is 79.9. The van der Waals surface area contributed by atoms with Crippen molar-refractivity contribution >= 4 is 33.2 Å². The number of thiophene rings is 1. The Balaban J connectivity index is 2.47. The first kappa shape index (κ1) is 13.7. The minimum Gasteiger partial charge on any atom is -0.381 e. The number of carbonyl (C=O) groups excluding carboxylic acids is 1. The topological polar surface area (TPSA) is 40.5 Å². The Morgan fingerprint density at radius 1 is 1.56 bits per heavy atom. The van der Waals surface area contributed by atoms with E-state index in [2.05, 4.69) is 15.9 Å². The van der Waals surface area contributed by atoms with Crippen molar-refractivity contribution in [3.63, 3.8) is 0 Å². The van der Waals surface area contributed by atoms with E-state index in [-0.39, 0.29) is 5.91 Å². The van der Waals surface area contributed by atoms with Gasteiger partial charge < -0.3 is 10.0 Å². The summed E-state index contributed by atoms with van der Waals surface area (Å²) < 4.78 is 1.10. The third-order valence-electron chi connectivity index (χ3n) is 2.19. The lowest BCUT2D eigenvalue weighted by Crippen LogP contribution is -2.43. The molecule has 0 aromatic carbocycles. The summed E-state index contributed by atoms with van der Waals surface area (Å²) in [6.45, 7) is 3.64. The number of likely N-dealkylation sites (N-methyl/N-ethyl adjacent to an activating group) is 1. The van der Waals surface area contributed by atoms with E-state index in [9.17, 15) is 9.90 Å². The zero-order chi connectivity index (χ0) is 12.3. The summed E-state index contributed by atoms with van der Waals surface area (Å²) in [5.74, 6) is -0.247. The molecule has 90 valence electrons. The maximum atomic E-state index is 11.7. The van der Waals surface area contributed by atoms with Gasteiger partial charge in [-0.15, -0.1) is 11.3 Å². The molecular weight excluding hydrogens is 290 g/mol. The highest BCUT2D eigenvalue weighted by Crippen LogP contribution is 2.22. The van der Waals surface area contributed by atoms with Crippen molar-refractivity contribution in [2.24, 2.45) is 0 Å². The molecule has 0 aliphatic carbocycles. The normalized spacial score (nSPS) is 11.6. The van der Waals surface area contributed by atoms with E-state index < -0.39 is 5.60 Å². The van der Waals surface area contributed by atoms with Crippen LogP contribution in [0, 0.1) is 0 Å². The molecule has 1 N–H and O–H groups in total. The number of aliphatic hydroxyl groups is 1. The summed E-state index contributed by atoms with van der Waals surface area (Å²) in [4.78, 5) is 14.4. The molecule has 0 radical (unpaired) electrons. The summed E-state index contributed by atoms with van der Waals surface area (Å²) in [5, 5.41) is 9.56. The van der Waals surface area contributed by atoms with Gasteiger partial charge in [-0.25, -0.2) is 0 Å². The second kappa shape index (κ2) is 5.29. The summed E-state index contributed by atoms with van der Waals surface area (Å²) in [5.41, 5.74) is -1.29. The average molecular weight is 306 g/mol. The average Bonchev–Trinajstić information content (AvgIpc) is 2.58. The molecule has 1 aromatic heterocycles. The van der Waals surface area contributed by atoms with Crippen LogP contribution in [0.2, 0.25) is 0 Å². The molecular formula is C11H16BrNO2S. The van der Waals surface area contributed by atoms with Gasteiger partial charge in [0.15, 0.2) is 0 Å². The smallest absolute Gasteiger partial charge is 0.253 e. The van der Waals surface area contributed by atoms with Gasteiger partial charge in [-0.3, -0.25) is 4.79 Å². The molecule has 0 saturated heterocycles. The van der Waals surface area contributed by atoms with Crippen molar-refractivity contribution < 1.29 is 9.90 Å². The quantitative estimate of drug-likeness (QED) is 0.927.